The highest BCUT2D eigenvalue weighted by Crippen LogP contribution is 2.56. The second kappa shape index (κ2) is 8.23. The topological polar surface area (TPSA) is 101 Å². The molecule has 0 spiro atoms. The number of carbonyl (C=O) groups is 1. The van der Waals surface area contributed by atoms with E-state index in [2.05, 4.69) is 20.3 Å². The third-order valence-corrected chi connectivity index (χ3v) is 8.13. The Bertz CT molecular complexity index is 1070. The number of likely N-dealkylation sites (tertiary alicyclic amines) is 1. The summed E-state index contributed by atoms with van der Waals surface area (Å²) in [6.07, 6.45) is 0.777. The molecule has 1 aliphatic heterocycles. The van der Waals surface area contributed by atoms with Gasteiger partial charge in [0.05, 0.1) is 11.1 Å². The highest BCUT2D eigenvalue weighted by molar-refractivity contribution is 7.93. The molecule has 1 aromatic carbocycles. The van der Waals surface area contributed by atoms with Crippen molar-refractivity contribution in [3.8, 4) is 5.75 Å². The van der Waals surface area contributed by atoms with Crippen LogP contribution in [0, 0.1) is 0 Å². The molecular weight excluding hydrogens is 449 g/mol. The summed E-state index contributed by atoms with van der Waals surface area (Å²) in [7, 11) is -4.16. The molecule has 2 unspecified atom stereocenters. The lowest BCUT2D eigenvalue weighted by Crippen LogP contribution is -2.51. The molecule has 2 aromatic rings. The normalized spacial score (nSPS) is 23.5. The molecule has 172 valence electrons. The van der Waals surface area contributed by atoms with Crippen molar-refractivity contribution in [2.24, 2.45) is 0 Å². The van der Waals surface area contributed by atoms with Gasteiger partial charge in [-0.1, -0.05) is 0 Å². The van der Waals surface area contributed by atoms with Gasteiger partial charge in [-0.3, -0.25) is 0 Å². The molecule has 2 atom stereocenters. The highest BCUT2D eigenvalue weighted by Gasteiger charge is 2.66. The summed E-state index contributed by atoms with van der Waals surface area (Å²) < 4.78 is 68.3. The summed E-state index contributed by atoms with van der Waals surface area (Å²) in [6, 6.07) is 5.12. The number of sulfone groups is 1. The smallest absolute Gasteiger partial charge is 0.406 e. The third kappa shape index (κ3) is 4.36. The van der Waals surface area contributed by atoms with Crippen LogP contribution in [0.15, 0.2) is 47.6 Å². The quantitative estimate of drug-likeness (QED) is 0.720. The van der Waals surface area contributed by atoms with Crippen LogP contribution in [-0.4, -0.2) is 53.9 Å². The van der Waals surface area contributed by atoms with Crippen molar-refractivity contribution in [2.45, 2.75) is 47.7 Å². The number of hydrogen-bond donors (Lipinski definition) is 1. The zero-order chi connectivity index (χ0) is 23.0. The molecule has 2 heterocycles. The van der Waals surface area contributed by atoms with Crippen molar-refractivity contribution in [1.82, 2.24) is 20.4 Å². The molecule has 1 saturated heterocycles. The van der Waals surface area contributed by atoms with Crippen LogP contribution in [0.3, 0.4) is 0 Å². The second-order valence-corrected chi connectivity index (χ2v) is 10.0. The summed E-state index contributed by atoms with van der Waals surface area (Å²) >= 11 is 0. The van der Waals surface area contributed by atoms with E-state index in [0.717, 1.165) is 43.5 Å². The number of hydrogen-bond acceptors (Lipinski definition) is 6. The van der Waals surface area contributed by atoms with Crippen LogP contribution in [0.4, 0.5) is 18.0 Å². The van der Waals surface area contributed by atoms with E-state index < -0.39 is 38.8 Å². The first-order chi connectivity index (χ1) is 15.1. The molecule has 8 nitrogen and oxygen atoms in total. The van der Waals surface area contributed by atoms with Crippen molar-refractivity contribution in [2.75, 3.05) is 13.1 Å². The number of ether oxygens (including phenoxy) is 1. The molecule has 1 aliphatic carbocycles. The summed E-state index contributed by atoms with van der Waals surface area (Å²) in [5, 5.41) is 10.2. The van der Waals surface area contributed by atoms with Crippen LogP contribution in [0.25, 0.3) is 0 Å². The van der Waals surface area contributed by atoms with E-state index in [1.165, 1.54) is 12.4 Å². The number of amides is 2. The minimum atomic E-state index is -4.89. The maximum atomic E-state index is 13.6. The van der Waals surface area contributed by atoms with Crippen molar-refractivity contribution in [1.29, 1.82) is 0 Å². The van der Waals surface area contributed by atoms with Gasteiger partial charge >= 0.3 is 12.4 Å². The maximum absolute atomic E-state index is 13.6. The fraction of sp³-hybridized carbons (Fsp3) is 0.450. The minimum Gasteiger partial charge on any atom is -0.406 e. The number of benzene rings is 1. The Kier molecular flexibility index (Phi) is 5.74. The lowest BCUT2D eigenvalue weighted by Gasteiger charge is -2.30. The van der Waals surface area contributed by atoms with E-state index >= 15 is 0 Å². The molecule has 1 saturated carbocycles. The third-order valence-electron chi connectivity index (χ3n) is 5.73. The highest BCUT2D eigenvalue weighted by atomic mass is 32.2. The van der Waals surface area contributed by atoms with Gasteiger partial charge in [0.25, 0.3) is 0 Å². The Morgan fingerprint density at radius 2 is 1.78 bits per heavy atom. The number of nitrogens with zero attached hydrogens (tertiary/aromatic N) is 3. The first-order valence-corrected chi connectivity index (χ1v) is 11.5. The average Bonchev–Trinajstić information content (AvgIpc) is 3.50. The van der Waals surface area contributed by atoms with Crippen molar-refractivity contribution < 1.29 is 31.1 Å². The Hall–Kier alpha value is -2.89. The molecule has 0 bridgehead atoms. The van der Waals surface area contributed by atoms with E-state index in [9.17, 15) is 26.4 Å². The van der Waals surface area contributed by atoms with Crippen molar-refractivity contribution >= 4 is 15.9 Å². The molecule has 0 radical (unpaired) electrons. The predicted molar refractivity (Wildman–Crippen MR) is 106 cm³/mol. The van der Waals surface area contributed by atoms with E-state index in [-0.39, 0.29) is 11.3 Å². The van der Waals surface area contributed by atoms with Crippen LogP contribution in [0.1, 0.15) is 37.2 Å². The number of nitrogens with one attached hydrogen (secondary N) is 1. The van der Waals surface area contributed by atoms with Gasteiger partial charge in [0.15, 0.2) is 4.87 Å². The fourth-order valence-corrected chi connectivity index (χ4v) is 6.06. The molecule has 2 amide bonds. The first kappa shape index (κ1) is 22.3. The Labute approximate surface area is 182 Å². The van der Waals surface area contributed by atoms with Crippen LogP contribution >= 0.6 is 0 Å². The number of halogens is 3. The second-order valence-electron chi connectivity index (χ2n) is 7.82. The molecule has 12 heteroatoms. The van der Waals surface area contributed by atoms with Gasteiger partial charge in [-0.05, 0) is 61.6 Å². The number of carbonyl (C=O) groups excluding carboxylic acids is 1. The van der Waals surface area contributed by atoms with Crippen LogP contribution in [-0.2, 0) is 9.84 Å². The fourth-order valence-electron chi connectivity index (χ4n) is 4.03. The number of aromatic nitrogens is 2. The van der Waals surface area contributed by atoms with Gasteiger partial charge in [0.2, 0.25) is 9.84 Å². The SMILES string of the molecule is O=C(NC1(S(=O)(=O)c2ccc(OC(F)(F)F)cc2)CC1c1ccnnc1)N1CCCCC1. The zero-order valence-electron chi connectivity index (χ0n) is 16.9. The number of alkyl halides is 3. The van der Waals surface area contributed by atoms with Crippen LogP contribution < -0.4 is 10.1 Å². The molecule has 2 aliphatic rings. The first-order valence-electron chi connectivity index (χ1n) is 10.1. The summed E-state index contributed by atoms with van der Waals surface area (Å²) in [6.45, 7) is 1.07. The monoisotopic (exact) mass is 470 g/mol. The molecule has 1 aromatic heterocycles. The van der Waals surface area contributed by atoms with Gasteiger partial charge in [-0.2, -0.15) is 10.2 Å². The minimum absolute atomic E-state index is 0.113. The maximum Gasteiger partial charge on any atom is 0.573 e. The van der Waals surface area contributed by atoms with Gasteiger partial charge in [-0.15, -0.1) is 13.2 Å². The average molecular weight is 470 g/mol. The van der Waals surface area contributed by atoms with Gasteiger partial charge in [0, 0.05) is 25.2 Å². The van der Waals surface area contributed by atoms with Crippen LogP contribution in [0.2, 0.25) is 0 Å². The predicted octanol–water partition coefficient (Wildman–Crippen LogP) is 3.23. The van der Waals surface area contributed by atoms with E-state index in [1.54, 1.807) is 11.0 Å². The van der Waals surface area contributed by atoms with Gasteiger partial charge in [0.1, 0.15) is 5.75 Å². The van der Waals surface area contributed by atoms with Crippen LogP contribution in [0.5, 0.6) is 5.75 Å². The Morgan fingerprint density at radius 1 is 1.09 bits per heavy atom. The standard InChI is InChI=1S/C20H21F3N4O4S/c21-20(22,23)31-15-4-6-16(7-5-15)32(29,30)19(12-17(19)14-8-9-24-25-13-14)26-18(28)27-10-2-1-3-11-27/h4-9,13,17H,1-3,10-12H2,(H,26,28). The zero-order valence-corrected chi connectivity index (χ0v) is 17.7. The summed E-state index contributed by atoms with van der Waals surface area (Å²) in [5.41, 5.74) is 0.597. The molecule has 2 fully saturated rings. The number of urea groups is 1. The van der Waals surface area contributed by atoms with E-state index in [4.69, 9.17) is 0 Å². The summed E-state index contributed by atoms with van der Waals surface area (Å²) in [5.74, 6) is -1.10. The largest absolute Gasteiger partial charge is 0.573 e. The van der Waals surface area contributed by atoms with E-state index in [1.807, 2.05) is 0 Å². The van der Waals surface area contributed by atoms with Gasteiger partial charge < -0.3 is 15.0 Å². The molecule has 32 heavy (non-hydrogen) atoms. The number of rotatable bonds is 5. The summed E-state index contributed by atoms with van der Waals surface area (Å²) in [4.78, 5) is 12.6. The molecular formula is C20H21F3N4O4S. The lowest BCUT2D eigenvalue weighted by molar-refractivity contribution is -0.274. The molecule has 4 rings (SSSR count). The Balaban J connectivity index is 1.64. The van der Waals surface area contributed by atoms with Crippen molar-refractivity contribution in [3.05, 3.63) is 48.3 Å². The van der Waals surface area contributed by atoms with Crippen molar-refractivity contribution in [3.63, 3.8) is 0 Å². The number of piperidine rings is 1. The lowest BCUT2D eigenvalue weighted by atomic mass is 10.1. The van der Waals surface area contributed by atoms with E-state index in [0.29, 0.717) is 18.7 Å². The van der Waals surface area contributed by atoms with Gasteiger partial charge in [-0.25, -0.2) is 13.2 Å². The Morgan fingerprint density at radius 3 is 2.38 bits per heavy atom. The molecule has 1 N–H and O–H groups in total.